The van der Waals surface area contributed by atoms with Gasteiger partial charge in [0.2, 0.25) is 0 Å². The number of pyridine rings is 1. The first-order valence-electron chi connectivity index (χ1n) is 7.05. The number of hydrogen-bond acceptors (Lipinski definition) is 3. The van der Waals surface area contributed by atoms with Crippen LogP contribution < -0.4 is 4.74 Å². The third kappa shape index (κ3) is 3.58. The first-order chi connectivity index (χ1) is 9.74. The molecule has 2 rings (SSSR count). The number of unbranched alkanes of at least 4 members (excludes halogenated alkanes) is 1. The number of ether oxygens (including phenoxy) is 1. The lowest BCUT2D eigenvalue weighted by Crippen LogP contribution is -1.96. The molecule has 0 spiro atoms. The number of hydrogen-bond donors (Lipinski definition) is 1. The SMILES string of the molecule is CCCCOc1ccc(-c2ccc(CO)c(C)n2)cc1. The predicted molar refractivity (Wildman–Crippen MR) is 80.7 cm³/mol. The van der Waals surface area contributed by atoms with E-state index in [2.05, 4.69) is 11.9 Å². The van der Waals surface area contributed by atoms with Crippen LogP contribution >= 0.6 is 0 Å². The van der Waals surface area contributed by atoms with Crippen molar-refractivity contribution in [3.8, 4) is 17.0 Å². The fourth-order valence-electron chi connectivity index (χ4n) is 1.97. The first-order valence-corrected chi connectivity index (χ1v) is 7.05. The van der Waals surface area contributed by atoms with Gasteiger partial charge in [-0.3, -0.25) is 4.98 Å². The molecule has 0 atom stereocenters. The molecular formula is C17H21NO2. The summed E-state index contributed by atoms with van der Waals surface area (Å²) in [7, 11) is 0. The molecule has 1 N–H and O–H groups in total. The molecule has 0 saturated heterocycles. The van der Waals surface area contributed by atoms with Gasteiger partial charge in [-0.15, -0.1) is 0 Å². The summed E-state index contributed by atoms with van der Waals surface area (Å²) in [4.78, 5) is 4.52. The largest absolute Gasteiger partial charge is 0.494 e. The second-order valence-electron chi connectivity index (χ2n) is 4.83. The molecule has 0 radical (unpaired) electrons. The average Bonchev–Trinajstić information content (AvgIpc) is 2.48. The Labute approximate surface area is 120 Å². The van der Waals surface area contributed by atoms with Crippen LogP contribution in [-0.4, -0.2) is 16.7 Å². The van der Waals surface area contributed by atoms with Crippen LogP contribution in [0.5, 0.6) is 5.75 Å². The van der Waals surface area contributed by atoms with Gasteiger partial charge in [0.1, 0.15) is 5.75 Å². The minimum atomic E-state index is 0.0311. The second kappa shape index (κ2) is 7.06. The van der Waals surface area contributed by atoms with Crippen molar-refractivity contribution in [2.24, 2.45) is 0 Å². The molecule has 0 fully saturated rings. The Morgan fingerprint density at radius 2 is 1.85 bits per heavy atom. The monoisotopic (exact) mass is 271 g/mol. The van der Waals surface area contributed by atoms with Crippen molar-refractivity contribution in [3.63, 3.8) is 0 Å². The van der Waals surface area contributed by atoms with Crippen LogP contribution in [0.1, 0.15) is 31.0 Å². The molecule has 0 saturated carbocycles. The zero-order chi connectivity index (χ0) is 14.4. The normalized spacial score (nSPS) is 10.6. The summed E-state index contributed by atoms with van der Waals surface area (Å²) in [5.41, 5.74) is 3.71. The van der Waals surface area contributed by atoms with E-state index in [1.165, 1.54) is 0 Å². The summed E-state index contributed by atoms with van der Waals surface area (Å²) in [5.74, 6) is 0.894. The maximum absolute atomic E-state index is 9.16. The lowest BCUT2D eigenvalue weighted by Gasteiger charge is -2.08. The molecule has 1 aromatic heterocycles. The van der Waals surface area contributed by atoms with Gasteiger partial charge >= 0.3 is 0 Å². The maximum atomic E-state index is 9.16. The minimum Gasteiger partial charge on any atom is -0.494 e. The predicted octanol–water partition coefficient (Wildman–Crippen LogP) is 3.73. The Morgan fingerprint density at radius 1 is 1.10 bits per heavy atom. The highest BCUT2D eigenvalue weighted by atomic mass is 16.5. The van der Waals surface area contributed by atoms with Crippen LogP contribution in [0.15, 0.2) is 36.4 Å². The summed E-state index contributed by atoms with van der Waals surface area (Å²) in [6.07, 6.45) is 2.21. The number of aromatic nitrogens is 1. The average molecular weight is 271 g/mol. The van der Waals surface area contributed by atoms with E-state index in [0.717, 1.165) is 47.7 Å². The van der Waals surface area contributed by atoms with Crippen LogP contribution in [0.2, 0.25) is 0 Å². The van der Waals surface area contributed by atoms with E-state index >= 15 is 0 Å². The van der Waals surface area contributed by atoms with Gasteiger partial charge in [-0.1, -0.05) is 19.4 Å². The van der Waals surface area contributed by atoms with Gasteiger partial charge in [0, 0.05) is 11.3 Å². The van der Waals surface area contributed by atoms with E-state index in [-0.39, 0.29) is 6.61 Å². The standard InChI is InChI=1S/C17H21NO2/c1-3-4-11-20-16-8-5-14(6-9-16)17-10-7-15(12-19)13(2)18-17/h5-10,19H,3-4,11-12H2,1-2H3. The Kier molecular flexibility index (Phi) is 5.13. The van der Waals surface area contributed by atoms with Crippen molar-refractivity contribution in [3.05, 3.63) is 47.7 Å². The topological polar surface area (TPSA) is 42.4 Å². The summed E-state index contributed by atoms with van der Waals surface area (Å²) in [5, 5.41) is 9.16. The van der Waals surface area contributed by atoms with Gasteiger partial charge in [-0.2, -0.15) is 0 Å². The fourth-order valence-corrected chi connectivity index (χ4v) is 1.97. The van der Waals surface area contributed by atoms with Crippen molar-refractivity contribution >= 4 is 0 Å². The van der Waals surface area contributed by atoms with Crippen molar-refractivity contribution in [1.82, 2.24) is 4.98 Å². The van der Waals surface area contributed by atoms with E-state index in [1.807, 2.05) is 43.3 Å². The van der Waals surface area contributed by atoms with E-state index in [9.17, 15) is 0 Å². The Morgan fingerprint density at radius 3 is 2.45 bits per heavy atom. The van der Waals surface area contributed by atoms with Crippen molar-refractivity contribution in [1.29, 1.82) is 0 Å². The van der Waals surface area contributed by atoms with Crippen LogP contribution in [0.4, 0.5) is 0 Å². The number of rotatable bonds is 6. The number of aliphatic hydroxyl groups excluding tert-OH is 1. The van der Waals surface area contributed by atoms with E-state index < -0.39 is 0 Å². The van der Waals surface area contributed by atoms with E-state index in [0.29, 0.717) is 0 Å². The molecule has 20 heavy (non-hydrogen) atoms. The lowest BCUT2D eigenvalue weighted by molar-refractivity contribution is 0.280. The third-order valence-corrected chi connectivity index (χ3v) is 3.28. The van der Waals surface area contributed by atoms with Gasteiger partial charge < -0.3 is 9.84 Å². The molecule has 0 unspecified atom stereocenters. The Bertz CT molecular complexity index is 549. The number of aryl methyl sites for hydroxylation is 1. The minimum absolute atomic E-state index is 0.0311. The molecule has 3 nitrogen and oxygen atoms in total. The molecule has 0 aliphatic carbocycles. The van der Waals surface area contributed by atoms with Crippen LogP contribution in [0.3, 0.4) is 0 Å². The summed E-state index contributed by atoms with van der Waals surface area (Å²) in [6.45, 7) is 4.86. The first kappa shape index (κ1) is 14.5. The molecule has 1 heterocycles. The van der Waals surface area contributed by atoms with Crippen LogP contribution in [-0.2, 0) is 6.61 Å². The van der Waals surface area contributed by atoms with Crippen molar-refractivity contribution in [2.45, 2.75) is 33.3 Å². The fraction of sp³-hybridized carbons (Fsp3) is 0.353. The maximum Gasteiger partial charge on any atom is 0.119 e. The van der Waals surface area contributed by atoms with E-state index in [4.69, 9.17) is 9.84 Å². The highest BCUT2D eigenvalue weighted by Gasteiger charge is 2.04. The molecule has 0 amide bonds. The quantitative estimate of drug-likeness (QED) is 0.814. The Hall–Kier alpha value is -1.87. The highest BCUT2D eigenvalue weighted by molar-refractivity contribution is 5.60. The lowest BCUT2D eigenvalue weighted by atomic mass is 10.1. The molecular weight excluding hydrogens is 250 g/mol. The van der Waals surface area contributed by atoms with Gasteiger partial charge in [-0.25, -0.2) is 0 Å². The van der Waals surface area contributed by atoms with Crippen molar-refractivity contribution in [2.75, 3.05) is 6.61 Å². The van der Waals surface area contributed by atoms with Gasteiger partial charge in [0.15, 0.2) is 0 Å². The summed E-state index contributed by atoms with van der Waals surface area (Å²) < 4.78 is 5.64. The molecule has 106 valence electrons. The molecule has 3 heteroatoms. The molecule has 0 aliphatic heterocycles. The second-order valence-corrected chi connectivity index (χ2v) is 4.83. The van der Waals surface area contributed by atoms with Crippen molar-refractivity contribution < 1.29 is 9.84 Å². The number of nitrogens with zero attached hydrogens (tertiary/aromatic N) is 1. The van der Waals surface area contributed by atoms with Crippen LogP contribution in [0.25, 0.3) is 11.3 Å². The highest BCUT2D eigenvalue weighted by Crippen LogP contribution is 2.22. The van der Waals surface area contributed by atoms with Gasteiger partial charge in [0.25, 0.3) is 0 Å². The smallest absolute Gasteiger partial charge is 0.119 e. The van der Waals surface area contributed by atoms with Crippen LogP contribution in [0, 0.1) is 6.92 Å². The number of aliphatic hydroxyl groups is 1. The molecule has 0 bridgehead atoms. The molecule has 0 aliphatic rings. The molecule has 2 aromatic rings. The van der Waals surface area contributed by atoms with Gasteiger partial charge in [0.05, 0.1) is 18.9 Å². The van der Waals surface area contributed by atoms with E-state index in [1.54, 1.807) is 0 Å². The third-order valence-electron chi connectivity index (χ3n) is 3.28. The zero-order valence-electron chi connectivity index (χ0n) is 12.1. The summed E-state index contributed by atoms with van der Waals surface area (Å²) >= 11 is 0. The Balaban J connectivity index is 2.11. The zero-order valence-corrected chi connectivity index (χ0v) is 12.1. The van der Waals surface area contributed by atoms with Gasteiger partial charge in [-0.05, 0) is 49.2 Å². The molecule has 1 aromatic carbocycles. The number of benzene rings is 1. The summed E-state index contributed by atoms with van der Waals surface area (Å²) in [6, 6.07) is 11.8.